The molecule has 0 aromatic rings. The van der Waals surface area contributed by atoms with Crippen molar-refractivity contribution in [3.05, 3.63) is 11.8 Å². The standard InChI is InChI=1S/C8H15NO/c1-4-5-8(10)7(2)6-9-3/h6,9H,4-5H2,1-3H3. The fraction of sp³-hybridized carbons (Fsp3) is 0.625. The van der Waals surface area contributed by atoms with Crippen molar-refractivity contribution in [3.8, 4) is 0 Å². The minimum absolute atomic E-state index is 0.233. The lowest BCUT2D eigenvalue weighted by atomic mass is 10.1. The molecule has 0 aromatic heterocycles. The Morgan fingerprint density at radius 2 is 2.20 bits per heavy atom. The fourth-order valence-corrected chi connectivity index (χ4v) is 0.721. The van der Waals surface area contributed by atoms with Crippen LogP contribution in [0.4, 0.5) is 0 Å². The van der Waals surface area contributed by atoms with E-state index in [-0.39, 0.29) is 5.78 Å². The van der Waals surface area contributed by atoms with Crippen molar-refractivity contribution < 1.29 is 4.79 Å². The van der Waals surface area contributed by atoms with Crippen LogP contribution in [0, 0.1) is 0 Å². The van der Waals surface area contributed by atoms with Crippen LogP contribution in [0.3, 0.4) is 0 Å². The van der Waals surface area contributed by atoms with E-state index in [4.69, 9.17) is 0 Å². The van der Waals surface area contributed by atoms with Crippen LogP contribution in [0.5, 0.6) is 0 Å². The number of hydrogen-bond donors (Lipinski definition) is 1. The number of hydrogen-bond acceptors (Lipinski definition) is 2. The maximum Gasteiger partial charge on any atom is 0.160 e. The summed E-state index contributed by atoms with van der Waals surface area (Å²) in [4.78, 5) is 11.0. The Balaban J connectivity index is 3.82. The molecule has 2 heteroatoms. The number of rotatable bonds is 4. The largest absolute Gasteiger partial charge is 0.394 e. The van der Waals surface area contributed by atoms with Crippen molar-refractivity contribution in [1.82, 2.24) is 5.32 Å². The molecule has 2 nitrogen and oxygen atoms in total. The first-order chi connectivity index (χ1) is 4.72. The van der Waals surface area contributed by atoms with E-state index in [0.29, 0.717) is 6.42 Å². The Labute approximate surface area is 62.3 Å². The Kier molecular flexibility index (Phi) is 4.63. The van der Waals surface area contributed by atoms with E-state index in [9.17, 15) is 4.79 Å². The van der Waals surface area contributed by atoms with Gasteiger partial charge >= 0.3 is 0 Å². The highest BCUT2D eigenvalue weighted by Gasteiger charge is 2.00. The second kappa shape index (κ2) is 5.03. The van der Waals surface area contributed by atoms with Crippen molar-refractivity contribution in [2.24, 2.45) is 0 Å². The molecule has 0 unspecified atom stereocenters. The second-order valence-electron chi connectivity index (χ2n) is 2.29. The lowest BCUT2D eigenvalue weighted by Gasteiger charge is -1.96. The zero-order valence-electron chi connectivity index (χ0n) is 6.90. The van der Waals surface area contributed by atoms with Gasteiger partial charge in [0.05, 0.1) is 0 Å². The van der Waals surface area contributed by atoms with E-state index in [1.165, 1.54) is 0 Å². The highest BCUT2D eigenvalue weighted by molar-refractivity contribution is 5.94. The number of Topliss-reactive ketones (excluding diaryl/α,β-unsaturated/α-hetero) is 1. The number of carbonyl (C=O) groups excluding carboxylic acids is 1. The minimum Gasteiger partial charge on any atom is -0.394 e. The molecule has 0 amide bonds. The summed E-state index contributed by atoms with van der Waals surface area (Å²) in [5, 5.41) is 2.82. The summed E-state index contributed by atoms with van der Waals surface area (Å²) in [6.45, 7) is 3.83. The van der Waals surface area contributed by atoms with Gasteiger partial charge in [-0.05, 0) is 13.3 Å². The van der Waals surface area contributed by atoms with E-state index in [0.717, 1.165) is 12.0 Å². The summed E-state index contributed by atoms with van der Waals surface area (Å²) in [6, 6.07) is 0. The fourth-order valence-electron chi connectivity index (χ4n) is 0.721. The third kappa shape index (κ3) is 3.28. The zero-order valence-corrected chi connectivity index (χ0v) is 6.90. The average molecular weight is 141 g/mol. The van der Waals surface area contributed by atoms with Gasteiger partial charge in [0.1, 0.15) is 0 Å². The molecule has 0 rings (SSSR count). The van der Waals surface area contributed by atoms with E-state index in [1.807, 2.05) is 13.8 Å². The summed E-state index contributed by atoms with van der Waals surface area (Å²) in [5.74, 6) is 0.233. The molecule has 10 heavy (non-hydrogen) atoms. The molecule has 0 aromatic carbocycles. The molecule has 0 spiro atoms. The average Bonchev–Trinajstić information content (AvgIpc) is 1.89. The van der Waals surface area contributed by atoms with Crippen LogP contribution in [0.25, 0.3) is 0 Å². The van der Waals surface area contributed by atoms with Gasteiger partial charge in [0.2, 0.25) is 0 Å². The van der Waals surface area contributed by atoms with Crippen LogP contribution in [0.1, 0.15) is 26.7 Å². The van der Waals surface area contributed by atoms with Gasteiger partial charge in [-0.15, -0.1) is 0 Å². The molecule has 0 aliphatic rings. The van der Waals surface area contributed by atoms with Crippen LogP contribution in [0.2, 0.25) is 0 Å². The SMILES string of the molecule is CCCC(=O)C(C)=CNC. The lowest BCUT2D eigenvalue weighted by Crippen LogP contribution is -2.03. The Morgan fingerprint density at radius 1 is 1.60 bits per heavy atom. The third-order valence-electron chi connectivity index (χ3n) is 1.28. The molecule has 0 fully saturated rings. The summed E-state index contributed by atoms with van der Waals surface area (Å²) >= 11 is 0. The first-order valence-corrected chi connectivity index (χ1v) is 3.59. The topological polar surface area (TPSA) is 29.1 Å². The summed E-state index contributed by atoms with van der Waals surface area (Å²) < 4.78 is 0. The molecule has 0 saturated carbocycles. The van der Waals surface area contributed by atoms with Crippen LogP contribution < -0.4 is 5.32 Å². The Bertz CT molecular complexity index is 138. The smallest absolute Gasteiger partial charge is 0.160 e. The van der Waals surface area contributed by atoms with Crippen LogP contribution in [-0.4, -0.2) is 12.8 Å². The number of carbonyl (C=O) groups is 1. The normalized spacial score (nSPS) is 11.3. The Hall–Kier alpha value is -0.790. The maximum absolute atomic E-state index is 11.0. The van der Waals surface area contributed by atoms with Crippen LogP contribution in [-0.2, 0) is 4.79 Å². The summed E-state index contributed by atoms with van der Waals surface area (Å²) in [5.41, 5.74) is 0.810. The second-order valence-corrected chi connectivity index (χ2v) is 2.29. The van der Waals surface area contributed by atoms with Crippen molar-refractivity contribution in [2.75, 3.05) is 7.05 Å². The molecule has 0 aliphatic carbocycles. The van der Waals surface area contributed by atoms with Gasteiger partial charge in [-0.2, -0.15) is 0 Å². The van der Waals surface area contributed by atoms with Gasteiger partial charge in [0, 0.05) is 25.2 Å². The first-order valence-electron chi connectivity index (χ1n) is 3.59. The van der Waals surface area contributed by atoms with Gasteiger partial charge in [-0.25, -0.2) is 0 Å². The van der Waals surface area contributed by atoms with E-state index in [1.54, 1.807) is 13.2 Å². The number of ketones is 1. The minimum atomic E-state index is 0.233. The predicted molar refractivity (Wildman–Crippen MR) is 42.7 cm³/mol. The molecule has 58 valence electrons. The molecule has 0 aliphatic heterocycles. The van der Waals surface area contributed by atoms with Gasteiger partial charge < -0.3 is 5.32 Å². The van der Waals surface area contributed by atoms with Crippen molar-refractivity contribution in [2.45, 2.75) is 26.7 Å². The van der Waals surface area contributed by atoms with Gasteiger partial charge in [0.25, 0.3) is 0 Å². The van der Waals surface area contributed by atoms with Gasteiger partial charge in [0.15, 0.2) is 5.78 Å². The monoisotopic (exact) mass is 141 g/mol. The summed E-state index contributed by atoms with van der Waals surface area (Å²) in [6.07, 6.45) is 3.32. The molecule has 0 saturated heterocycles. The van der Waals surface area contributed by atoms with E-state index in [2.05, 4.69) is 5.32 Å². The molecular weight excluding hydrogens is 126 g/mol. The molecule has 0 bridgehead atoms. The van der Waals surface area contributed by atoms with Crippen molar-refractivity contribution >= 4 is 5.78 Å². The molecule has 1 N–H and O–H groups in total. The highest BCUT2D eigenvalue weighted by atomic mass is 16.1. The number of nitrogens with one attached hydrogen (secondary N) is 1. The highest BCUT2D eigenvalue weighted by Crippen LogP contribution is 1.99. The Morgan fingerprint density at radius 3 is 2.60 bits per heavy atom. The van der Waals surface area contributed by atoms with Crippen LogP contribution in [0.15, 0.2) is 11.8 Å². The van der Waals surface area contributed by atoms with Crippen molar-refractivity contribution in [3.63, 3.8) is 0 Å². The molecule has 0 atom stereocenters. The summed E-state index contributed by atoms with van der Waals surface area (Å²) in [7, 11) is 1.79. The first kappa shape index (κ1) is 9.21. The quantitative estimate of drug-likeness (QED) is 0.601. The molecular formula is C8H15NO. The lowest BCUT2D eigenvalue weighted by molar-refractivity contribution is -0.115. The third-order valence-corrected chi connectivity index (χ3v) is 1.28. The van der Waals surface area contributed by atoms with Gasteiger partial charge in [-0.3, -0.25) is 4.79 Å². The van der Waals surface area contributed by atoms with Crippen molar-refractivity contribution in [1.29, 1.82) is 0 Å². The molecule has 0 radical (unpaired) electrons. The van der Waals surface area contributed by atoms with E-state index >= 15 is 0 Å². The van der Waals surface area contributed by atoms with Crippen LogP contribution >= 0.6 is 0 Å². The zero-order chi connectivity index (χ0) is 7.98. The van der Waals surface area contributed by atoms with E-state index < -0.39 is 0 Å². The predicted octanol–water partition coefficient (Wildman–Crippen LogP) is 1.48. The van der Waals surface area contributed by atoms with Gasteiger partial charge in [-0.1, -0.05) is 6.92 Å². The maximum atomic E-state index is 11.0. The molecule has 0 heterocycles. The number of allylic oxidation sites excluding steroid dienone is 1.